The summed E-state index contributed by atoms with van der Waals surface area (Å²) >= 11 is 0. The zero-order chi connectivity index (χ0) is 10.6. The lowest BCUT2D eigenvalue weighted by Crippen LogP contribution is -2.27. The summed E-state index contributed by atoms with van der Waals surface area (Å²) in [7, 11) is 0. The van der Waals surface area contributed by atoms with Gasteiger partial charge in [0.05, 0.1) is 0 Å². The Kier molecular flexibility index (Phi) is 4.59. The first-order chi connectivity index (χ1) is 6.69. The minimum absolute atomic E-state index is 0.259. The number of hydrogen-bond donors (Lipinski definition) is 1. The van der Waals surface area contributed by atoms with Gasteiger partial charge in [0.15, 0.2) is 0 Å². The Hall–Kier alpha value is -0.370. The second kappa shape index (κ2) is 5.50. The molecule has 0 bridgehead atoms. The van der Waals surface area contributed by atoms with E-state index in [0.717, 1.165) is 19.1 Å². The SMILES string of the molecule is CC1CCC(C(C)CCO)CC1C=O. The molecule has 1 N–H and O–H groups in total. The molecular weight excluding hydrogens is 176 g/mol. The minimum Gasteiger partial charge on any atom is -0.396 e. The zero-order valence-electron chi connectivity index (χ0n) is 9.28. The molecule has 1 aliphatic rings. The Balaban J connectivity index is 2.45. The maximum atomic E-state index is 10.8. The second-order valence-corrected chi connectivity index (χ2v) is 4.84. The quantitative estimate of drug-likeness (QED) is 0.703. The third kappa shape index (κ3) is 2.81. The van der Waals surface area contributed by atoms with Crippen LogP contribution in [-0.4, -0.2) is 18.0 Å². The van der Waals surface area contributed by atoms with E-state index < -0.39 is 0 Å². The molecule has 1 rings (SSSR count). The van der Waals surface area contributed by atoms with Crippen LogP contribution in [-0.2, 0) is 4.79 Å². The summed E-state index contributed by atoms with van der Waals surface area (Å²) in [6, 6.07) is 0. The van der Waals surface area contributed by atoms with Gasteiger partial charge in [-0.3, -0.25) is 0 Å². The Morgan fingerprint density at radius 1 is 1.50 bits per heavy atom. The highest BCUT2D eigenvalue weighted by atomic mass is 16.3. The van der Waals surface area contributed by atoms with Gasteiger partial charge in [0.1, 0.15) is 6.29 Å². The van der Waals surface area contributed by atoms with Crippen molar-refractivity contribution in [1.29, 1.82) is 0 Å². The van der Waals surface area contributed by atoms with Gasteiger partial charge in [0, 0.05) is 12.5 Å². The van der Waals surface area contributed by atoms with E-state index in [4.69, 9.17) is 5.11 Å². The van der Waals surface area contributed by atoms with Gasteiger partial charge in [0.2, 0.25) is 0 Å². The van der Waals surface area contributed by atoms with E-state index in [0.29, 0.717) is 17.8 Å². The molecule has 0 aromatic rings. The first-order valence-corrected chi connectivity index (χ1v) is 5.75. The van der Waals surface area contributed by atoms with Crippen LogP contribution in [0.2, 0.25) is 0 Å². The molecule has 1 saturated carbocycles. The van der Waals surface area contributed by atoms with Crippen molar-refractivity contribution in [3.63, 3.8) is 0 Å². The predicted molar refractivity (Wildman–Crippen MR) is 56.9 cm³/mol. The number of carbonyl (C=O) groups excluding carboxylic acids is 1. The molecule has 1 aliphatic carbocycles. The van der Waals surface area contributed by atoms with Crippen LogP contribution < -0.4 is 0 Å². The molecule has 14 heavy (non-hydrogen) atoms. The third-order valence-electron chi connectivity index (χ3n) is 3.86. The number of rotatable bonds is 4. The van der Waals surface area contributed by atoms with E-state index in [-0.39, 0.29) is 12.5 Å². The van der Waals surface area contributed by atoms with E-state index in [9.17, 15) is 4.79 Å². The molecule has 0 aromatic heterocycles. The topological polar surface area (TPSA) is 37.3 Å². The third-order valence-corrected chi connectivity index (χ3v) is 3.86. The highest BCUT2D eigenvalue weighted by molar-refractivity contribution is 5.54. The van der Waals surface area contributed by atoms with Crippen LogP contribution in [0.4, 0.5) is 0 Å². The molecule has 0 aliphatic heterocycles. The number of aliphatic hydroxyl groups is 1. The van der Waals surface area contributed by atoms with Crippen LogP contribution in [0, 0.1) is 23.7 Å². The van der Waals surface area contributed by atoms with Crippen molar-refractivity contribution in [3.05, 3.63) is 0 Å². The monoisotopic (exact) mass is 198 g/mol. The largest absolute Gasteiger partial charge is 0.396 e. The average Bonchev–Trinajstić information content (AvgIpc) is 2.19. The average molecular weight is 198 g/mol. The summed E-state index contributed by atoms with van der Waals surface area (Å²) in [5.74, 6) is 2.03. The molecule has 0 saturated heterocycles. The second-order valence-electron chi connectivity index (χ2n) is 4.84. The van der Waals surface area contributed by atoms with Gasteiger partial charge in [-0.2, -0.15) is 0 Å². The highest BCUT2D eigenvalue weighted by Crippen LogP contribution is 2.37. The number of carbonyl (C=O) groups is 1. The summed E-state index contributed by atoms with van der Waals surface area (Å²) in [4.78, 5) is 10.8. The Morgan fingerprint density at radius 2 is 2.21 bits per heavy atom. The molecule has 2 heteroatoms. The molecule has 0 radical (unpaired) electrons. The molecule has 0 amide bonds. The van der Waals surface area contributed by atoms with Gasteiger partial charge in [0.25, 0.3) is 0 Å². The summed E-state index contributed by atoms with van der Waals surface area (Å²) in [5, 5.41) is 8.87. The number of hydrogen-bond acceptors (Lipinski definition) is 2. The Labute approximate surface area is 86.7 Å². The van der Waals surface area contributed by atoms with Gasteiger partial charge in [-0.15, -0.1) is 0 Å². The van der Waals surface area contributed by atoms with Crippen molar-refractivity contribution >= 4 is 6.29 Å². The lowest BCUT2D eigenvalue weighted by Gasteiger charge is -2.34. The van der Waals surface area contributed by atoms with E-state index in [1.165, 1.54) is 12.8 Å². The van der Waals surface area contributed by atoms with Crippen molar-refractivity contribution in [1.82, 2.24) is 0 Å². The normalized spacial score (nSPS) is 35.2. The fourth-order valence-electron chi connectivity index (χ4n) is 2.54. The summed E-state index contributed by atoms with van der Waals surface area (Å²) < 4.78 is 0. The molecule has 0 spiro atoms. The molecule has 82 valence electrons. The van der Waals surface area contributed by atoms with Crippen molar-refractivity contribution in [3.8, 4) is 0 Å². The van der Waals surface area contributed by atoms with E-state index >= 15 is 0 Å². The lowest BCUT2D eigenvalue weighted by molar-refractivity contribution is -0.114. The molecule has 0 aromatic carbocycles. The van der Waals surface area contributed by atoms with Crippen LogP contribution in [0.5, 0.6) is 0 Å². The van der Waals surface area contributed by atoms with Gasteiger partial charge in [-0.25, -0.2) is 0 Å². The number of aliphatic hydroxyl groups excluding tert-OH is 1. The maximum Gasteiger partial charge on any atom is 0.123 e. The fourth-order valence-corrected chi connectivity index (χ4v) is 2.54. The first-order valence-electron chi connectivity index (χ1n) is 5.75. The number of aldehydes is 1. The highest BCUT2D eigenvalue weighted by Gasteiger charge is 2.29. The van der Waals surface area contributed by atoms with Gasteiger partial charge in [-0.1, -0.05) is 13.8 Å². The molecule has 0 heterocycles. The van der Waals surface area contributed by atoms with Crippen molar-refractivity contribution in [2.45, 2.75) is 39.5 Å². The molecule has 4 unspecified atom stereocenters. The Bertz CT molecular complexity index is 179. The van der Waals surface area contributed by atoms with Crippen molar-refractivity contribution < 1.29 is 9.90 Å². The standard InChI is InChI=1S/C12H22O2/c1-9-3-4-11(7-12(9)8-14)10(2)5-6-13/h8-13H,3-7H2,1-2H3. The Morgan fingerprint density at radius 3 is 2.79 bits per heavy atom. The van der Waals surface area contributed by atoms with E-state index in [2.05, 4.69) is 13.8 Å². The van der Waals surface area contributed by atoms with E-state index in [1.54, 1.807) is 0 Å². The van der Waals surface area contributed by atoms with Crippen LogP contribution in [0.15, 0.2) is 0 Å². The van der Waals surface area contributed by atoms with Gasteiger partial charge < -0.3 is 9.90 Å². The smallest absolute Gasteiger partial charge is 0.123 e. The molecular formula is C12H22O2. The molecule has 1 fully saturated rings. The van der Waals surface area contributed by atoms with Gasteiger partial charge >= 0.3 is 0 Å². The summed E-state index contributed by atoms with van der Waals surface area (Å²) in [5.41, 5.74) is 0. The summed E-state index contributed by atoms with van der Waals surface area (Å²) in [6.45, 7) is 4.64. The van der Waals surface area contributed by atoms with E-state index in [1.807, 2.05) is 0 Å². The van der Waals surface area contributed by atoms with Crippen molar-refractivity contribution in [2.24, 2.45) is 23.7 Å². The minimum atomic E-state index is 0.259. The van der Waals surface area contributed by atoms with Crippen LogP contribution in [0.1, 0.15) is 39.5 Å². The zero-order valence-corrected chi connectivity index (χ0v) is 9.28. The van der Waals surface area contributed by atoms with Crippen LogP contribution >= 0.6 is 0 Å². The van der Waals surface area contributed by atoms with Crippen LogP contribution in [0.25, 0.3) is 0 Å². The maximum absolute atomic E-state index is 10.8. The first kappa shape index (κ1) is 11.7. The molecule has 2 nitrogen and oxygen atoms in total. The van der Waals surface area contributed by atoms with Crippen LogP contribution in [0.3, 0.4) is 0 Å². The molecule has 4 atom stereocenters. The lowest BCUT2D eigenvalue weighted by atomic mass is 9.71. The van der Waals surface area contributed by atoms with Gasteiger partial charge in [-0.05, 0) is 43.4 Å². The van der Waals surface area contributed by atoms with Crippen molar-refractivity contribution in [2.75, 3.05) is 6.61 Å². The predicted octanol–water partition coefficient (Wildman–Crippen LogP) is 2.26. The fraction of sp³-hybridized carbons (Fsp3) is 0.917. The summed E-state index contributed by atoms with van der Waals surface area (Å²) in [6.07, 6.45) is 5.44.